The standard InChI is InChI=1S/C22H30N4O.HI/c1-16(2)13-21(27)26-20-12-8-9-18(14-20)15-24-22(23-4)25-17(3)19-10-6-5-7-11-19;/h5-12,14,16-17H,13,15H2,1-4H3,(H,26,27)(H2,23,24,25);1H. The lowest BCUT2D eigenvalue weighted by Gasteiger charge is -2.18. The van der Waals surface area contributed by atoms with Gasteiger partial charge in [0, 0.05) is 25.7 Å². The van der Waals surface area contributed by atoms with Gasteiger partial charge < -0.3 is 16.0 Å². The van der Waals surface area contributed by atoms with Crippen molar-refractivity contribution in [1.82, 2.24) is 10.6 Å². The van der Waals surface area contributed by atoms with Crippen LogP contribution in [0.5, 0.6) is 0 Å². The Morgan fingerprint density at radius 2 is 1.75 bits per heavy atom. The first-order valence-corrected chi connectivity index (χ1v) is 9.39. The topological polar surface area (TPSA) is 65.5 Å². The smallest absolute Gasteiger partial charge is 0.224 e. The van der Waals surface area contributed by atoms with Crippen molar-refractivity contribution >= 4 is 41.5 Å². The fourth-order valence-corrected chi connectivity index (χ4v) is 2.75. The van der Waals surface area contributed by atoms with Gasteiger partial charge in [0.05, 0.1) is 6.04 Å². The maximum atomic E-state index is 11.9. The van der Waals surface area contributed by atoms with Crippen LogP contribution in [0.4, 0.5) is 5.69 Å². The van der Waals surface area contributed by atoms with E-state index < -0.39 is 0 Å². The van der Waals surface area contributed by atoms with Crippen molar-refractivity contribution in [3.8, 4) is 0 Å². The van der Waals surface area contributed by atoms with E-state index in [1.54, 1.807) is 7.05 Å². The average molecular weight is 494 g/mol. The Balaban J connectivity index is 0.00000392. The zero-order valence-corrected chi connectivity index (χ0v) is 19.4. The first-order valence-electron chi connectivity index (χ1n) is 9.39. The molecular weight excluding hydrogens is 463 g/mol. The Morgan fingerprint density at radius 1 is 1.04 bits per heavy atom. The molecule has 0 fully saturated rings. The number of hydrogen-bond donors (Lipinski definition) is 3. The van der Waals surface area contributed by atoms with E-state index in [2.05, 4.69) is 40.0 Å². The van der Waals surface area contributed by atoms with Crippen LogP contribution in [0.25, 0.3) is 0 Å². The number of halogens is 1. The molecule has 0 bridgehead atoms. The summed E-state index contributed by atoms with van der Waals surface area (Å²) in [5, 5.41) is 9.67. The van der Waals surface area contributed by atoms with Gasteiger partial charge in [0.1, 0.15) is 0 Å². The van der Waals surface area contributed by atoms with Crippen molar-refractivity contribution < 1.29 is 4.79 Å². The molecule has 1 atom stereocenters. The predicted octanol–water partition coefficient (Wildman–Crippen LogP) is 4.72. The van der Waals surface area contributed by atoms with E-state index >= 15 is 0 Å². The Bertz CT molecular complexity index is 762. The van der Waals surface area contributed by atoms with Crippen LogP contribution in [0.3, 0.4) is 0 Å². The van der Waals surface area contributed by atoms with Gasteiger partial charge in [-0.2, -0.15) is 0 Å². The van der Waals surface area contributed by atoms with Gasteiger partial charge in [-0.25, -0.2) is 0 Å². The minimum absolute atomic E-state index is 0. The van der Waals surface area contributed by atoms with Crippen molar-refractivity contribution in [1.29, 1.82) is 0 Å². The second-order valence-corrected chi connectivity index (χ2v) is 7.05. The number of hydrogen-bond acceptors (Lipinski definition) is 2. The van der Waals surface area contributed by atoms with Gasteiger partial charge >= 0.3 is 0 Å². The molecule has 152 valence electrons. The molecule has 0 saturated carbocycles. The van der Waals surface area contributed by atoms with E-state index in [4.69, 9.17) is 0 Å². The van der Waals surface area contributed by atoms with Crippen molar-refractivity contribution in [2.45, 2.75) is 39.8 Å². The molecule has 0 saturated heterocycles. The highest BCUT2D eigenvalue weighted by molar-refractivity contribution is 14.0. The number of aliphatic imine (C=N–C) groups is 1. The first-order chi connectivity index (χ1) is 13.0. The van der Waals surface area contributed by atoms with Gasteiger partial charge in [-0.05, 0) is 36.1 Å². The number of carbonyl (C=O) groups is 1. The van der Waals surface area contributed by atoms with Gasteiger partial charge in [-0.3, -0.25) is 9.79 Å². The van der Waals surface area contributed by atoms with Crippen molar-refractivity contribution in [3.05, 3.63) is 65.7 Å². The molecule has 0 aliphatic heterocycles. The monoisotopic (exact) mass is 494 g/mol. The van der Waals surface area contributed by atoms with E-state index in [0.29, 0.717) is 18.9 Å². The van der Waals surface area contributed by atoms with E-state index in [1.165, 1.54) is 5.56 Å². The van der Waals surface area contributed by atoms with Gasteiger partial charge in [0.25, 0.3) is 0 Å². The highest BCUT2D eigenvalue weighted by Gasteiger charge is 2.08. The molecule has 0 aliphatic rings. The van der Waals surface area contributed by atoms with Gasteiger partial charge in [-0.15, -0.1) is 24.0 Å². The van der Waals surface area contributed by atoms with Crippen molar-refractivity contribution in [2.24, 2.45) is 10.9 Å². The Hall–Kier alpha value is -2.09. The van der Waals surface area contributed by atoms with Crippen molar-refractivity contribution in [2.75, 3.05) is 12.4 Å². The second kappa shape index (κ2) is 12.4. The Morgan fingerprint density at radius 3 is 2.39 bits per heavy atom. The summed E-state index contributed by atoms with van der Waals surface area (Å²) in [7, 11) is 1.76. The minimum Gasteiger partial charge on any atom is -0.352 e. The summed E-state index contributed by atoms with van der Waals surface area (Å²) in [6.07, 6.45) is 0.524. The number of nitrogens with one attached hydrogen (secondary N) is 3. The molecule has 1 unspecified atom stereocenters. The fourth-order valence-electron chi connectivity index (χ4n) is 2.75. The van der Waals surface area contributed by atoms with Crippen LogP contribution in [0.2, 0.25) is 0 Å². The van der Waals surface area contributed by atoms with Crippen molar-refractivity contribution in [3.63, 3.8) is 0 Å². The van der Waals surface area contributed by atoms with Crippen LogP contribution in [0, 0.1) is 5.92 Å². The number of carbonyl (C=O) groups excluding carboxylic acids is 1. The Labute approximate surface area is 185 Å². The normalized spacial score (nSPS) is 12.1. The number of nitrogens with zero attached hydrogens (tertiary/aromatic N) is 1. The predicted molar refractivity (Wildman–Crippen MR) is 128 cm³/mol. The van der Waals surface area contributed by atoms with E-state index in [-0.39, 0.29) is 35.9 Å². The van der Waals surface area contributed by atoms with Gasteiger partial charge in [0.15, 0.2) is 5.96 Å². The molecule has 2 aromatic rings. The summed E-state index contributed by atoms with van der Waals surface area (Å²) in [6.45, 7) is 6.80. The minimum atomic E-state index is 0. The summed E-state index contributed by atoms with van der Waals surface area (Å²) < 4.78 is 0. The zero-order chi connectivity index (χ0) is 19.6. The van der Waals surface area contributed by atoms with Crippen LogP contribution in [-0.2, 0) is 11.3 Å². The van der Waals surface area contributed by atoms with Crippen LogP contribution in [-0.4, -0.2) is 18.9 Å². The third kappa shape index (κ3) is 8.29. The van der Waals surface area contributed by atoms with E-state index in [1.807, 2.05) is 56.3 Å². The summed E-state index contributed by atoms with van der Waals surface area (Å²) >= 11 is 0. The first kappa shape index (κ1) is 23.9. The van der Waals surface area contributed by atoms with E-state index in [9.17, 15) is 4.79 Å². The fraction of sp³-hybridized carbons (Fsp3) is 0.364. The van der Waals surface area contributed by atoms with Crippen LogP contribution >= 0.6 is 24.0 Å². The van der Waals surface area contributed by atoms with E-state index in [0.717, 1.165) is 17.2 Å². The summed E-state index contributed by atoms with van der Waals surface area (Å²) in [4.78, 5) is 16.2. The quantitative estimate of drug-likeness (QED) is 0.297. The molecule has 2 rings (SSSR count). The maximum Gasteiger partial charge on any atom is 0.224 e. The third-order valence-corrected chi connectivity index (χ3v) is 4.14. The molecule has 0 spiro atoms. The molecular formula is C22H31IN4O. The molecule has 3 N–H and O–H groups in total. The lowest BCUT2D eigenvalue weighted by atomic mass is 10.1. The van der Waals surface area contributed by atoms with Crippen LogP contribution < -0.4 is 16.0 Å². The molecule has 5 nitrogen and oxygen atoms in total. The molecule has 28 heavy (non-hydrogen) atoms. The number of anilines is 1. The van der Waals surface area contributed by atoms with Gasteiger partial charge in [0.2, 0.25) is 5.91 Å². The number of benzene rings is 2. The molecule has 6 heteroatoms. The summed E-state index contributed by atoms with van der Waals surface area (Å²) in [6, 6.07) is 18.3. The largest absolute Gasteiger partial charge is 0.352 e. The molecule has 0 aromatic heterocycles. The third-order valence-electron chi connectivity index (χ3n) is 4.14. The maximum absolute atomic E-state index is 11.9. The number of rotatable bonds is 7. The van der Waals surface area contributed by atoms with Gasteiger partial charge in [-0.1, -0.05) is 56.3 Å². The molecule has 0 radical (unpaired) electrons. The molecule has 1 amide bonds. The number of amides is 1. The second-order valence-electron chi connectivity index (χ2n) is 7.05. The highest BCUT2D eigenvalue weighted by atomic mass is 127. The lowest BCUT2D eigenvalue weighted by molar-refractivity contribution is -0.116. The summed E-state index contributed by atoms with van der Waals surface area (Å²) in [5.74, 6) is 1.13. The molecule has 2 aromatic carbocycles. The SMILES string of the molecule is CN=C(NCc1cccc(NC(=O)CC(C)C)c1)NC(C)c1ccccc1.I. The Kier molecular flexibility index (Phi) is 10.6. The molecule has 0 heterocycles. The zero-order valence-electron chi connectivity index (χ0n) is 17.0. The lowest BCUT2D eigenvalue weighted by Crippen LogP contribution is -2.38. The molecule has 0 aliphatic carbocycles. The highest BCUT2D eigenvalue weighted by Crippen LogP contribution is 2.13. The summed E-state index contributed by atoms with van der Waals surface area (Å²) in [5.41, 5.74) is 3.10. The average Bonchev–Trinajstić information content (AvgIpc) is 2.65. The van der Waals surface area contributed by atoms with Crippen LogP contribution in [0.1, 0.15) is 44.4 Å². The van der Waals surface area contributed by atoms with Crippen LogP contribution in [0.15, 0.2) is 59.6 Å². The number of guanidine groups is 1.